The zero-order valence-electron chi connectivity index (χ0n) is 8.58. The molecule has 3 nitrogen and oxygen atoms in total. The molecule has 0 aliphatic rings. The van der Waals surface area contributed by atoms with Crippen LogP contribution in [-0.2, 0) is 0 Å². The van der Waals surface area contributed by atoms with Gasteiger partial charge in [-0.15, -0.1) is 0 Å². The van der Waals surface area contributed by atoms with Crippen LogP contribution in [0.2, 0.25) is 5.02 Å². The maximum atomic E-state index is 13.0. The Kier molecular flexibility index (Phi) is 4.53. The van der Waals surface area contributed by atoms with Crippen LogP contribution in [0.4, 0.5) is 4.39 Å². The van der Waals surface area contributed by atoms with Crippen molar-refractivity contribution in [3.05, 3.63) is 28.5 Å². The average molecular weight is 243 g/mol. The van der Waals surface area contributed by atoms with E-state index in [4.69, 9.17) is 22.6 Å². The lowest BCUT2D eigenvalue weighted by atomic mass is 10.0. The van der Waals surface area contributed by atoms with Crippen molar-refractivity contribution < 1.29 is 9.50 Å². The fraction of sp³-hybridized carbons (Fsp3) is 0.364. The predicted octanol–water partition coefficient (Wildman–Crippen LogP) is 2.88. The van der Waals surface area contributed by atoms with Crippen LogP contribution in [0.1, 0.15) is 30.9 Å². The minimum Gasteiger partial charge on any atom is -0.506 e. The highest BCUT2D eigenvalue weighted by Gasteiger charge is 2.14. The van der Waals surface area contributed by atoms with E-state index in [0.717, 1.165) is 6.07 Å². The SMILES string of the molecule is N#CCCCC(N)c1cc(F)cc(O)c1Cl. The Hall–Kier alpha value is -1.31. The number of hydrogen-bond acceptors (Lipinski definition) is 3. The second-order valence-electron chi connectivity index (χ2n) is 3.48. The molecule has 1 aromatic carbocycles. The molecule has 0 radical (unpaired) electrons. The van der Waals surface area contributed by atoms with Crippen molar-refractivity contribution in [1.82, 2.24) is 0 Å². The Morgan fingerprint density at radius 1 is 1.56 bits per heavy atom. The minimum absolute atomic E-state index is 0.0749. The van der Waals surface area contributed by atoms with Gasteiger partial charge in [-0.1, -0.05) is 11.6 Å². The summed E-state index contributed by atoms with van der Waals surface area (Å²) in [6.07, 6.45) is 1.54. The number of aromatic hydroxyl groups is 1. The van der Waals surface area contributed by atoms with Gasteiger partial charge >= 0.3 is 0 Å². The van der Waals surface area contributed by atoms with Gasteiger partial charge in [0.2, 0.25) is 0 Å². The number of benzene rings is 1. The summed E-state index contributed by atoms with van der Waals surface area (Å²) in [5, 5.41) is 17.8. The summed E-state index contributed by atoms with van der Waals surface area (Å²) in [7, 11) is 0. The van der Waals surface area contributed by atoms with E-state index in [1.165, 1.54) is 6.07 Å². The average Bonchev–Trinajstić information content (AvgIpc) is 2.23. The molecule has 1 rings (SSSR count). The zero-order valence-corrected chi connectivity index (χ0v) is 9.34. The first-order valence-electron chi connectivity index (χ1n) is 4.86. The van der Waals surface area contributed by atoms with Crippen LogP contribution in [0.3, 0.4) is 0 Å². The Balaban J connectivity index is 2.83. The second kappa shape index (κ2) is 5.69. The van der Waals surface area contributed by atoms with Gasteiger partial charge < -0.3 is 10.8 Å². The fourth-order valence-electron chi connectivity index (χ4n) is 1.42. The number of nitriles is 1. The quantitative estimate of drug-likeness (QED) is 0.798. The van der Waals surface area contributed by atoms with Gasteiger partial charge in [0.15, 0.2) is 0 Å². The van der Waals surface area contributed by atoms with E-state index in [1.807, 2.05) is 6.07 Å². The number of phenolic OH excluding ortho intramolecular Hbond substituents is 1. The fourth-order valence-corrected chi connectivity index (χ4v) is 1.67. The number of unbranched alkanes of at least 4 members (excludes halogenated alkanes) is 1. The van der Waals surface area contributed by atoms with Gasteiger partial charge in [-0.25, -0.2) is 4.39 Å². The molecule has 16 heavy (non-hydrogen) atoms. The zero-order chi connectivity index (χ0) is 12.1. The molecule has 1 atom stereocenters. The van der Waals surface area contributed by atoms with Crippen LogP contribution < -0.4 is 5.73 Å². The maximum absolute atomic E-state index is 13.0. The number of phenols is 1. The third kappa shape index (κ3) is 3.09. The molecule has 0 heterocycles. The Labute approximate surface area is 98.3 Å². The van der Waals surface area contributed by atoms with E-state index < -0.39 is 11.9 Å². The van der Waals surface area contributed by atoms with Gasteiger partial charge in [0.05, 0.1) is 11.1 Å². The monoisotopic (exact) mass is 242 g/mol. The highest BCUT2D eigenvalue weighted by atomic mass is 35.5. The standard InChI is InChI=1S/C11H12ClFN2O/c12-11-8(5-7(13)6-10(11)16)9(15)3-1-2-4-14/h5-6,9,16H,1-3,15H2. The Bertz CT molecular complexity index is 417. The molecule has 5 heteroatoms. The Morgan fingerprint density at radius 2 is 2.25 bits per heavy atom. The minimum atomic E-state index is -0.576. The van der Waals surface area contributed by atoms with E-state index in [2.05, 4.69) is 0 Å². The van der Waals surface area contributed by atoms with Crippen LogP contribution in [0.15, 0.2) is 12.1 Å². The topological polar surface area (TPSA) is 70.0 Å². The molecule has 86 valence electrons. The molecular weight excluding hydrogens is 231 g/mol. The molecule has 0 aliphatic heterocycles. The van der Waals surface area contributed by atoms with Crippen molar-refractivity contribution in [1.29, 1.82) is 5.26 Å². The van der Waals surface area contributed by atoms with E-state index in [1.54, 1.807) is 0 Å². The van der Waals surface area contributed by atoms with E-state index in [9.17, 15) is 9.50 Å². The smallest absolute Gasteiger partial charge is 0.137 e. The lowest BCUT2D eigenvalue weighted by Gasteiger charge is -2.13. The molecule has 0 amide bonds. The molecule has 0 saturated heterocycles. The van der Waals surface area contributed by atoms with Crippen molar-refractivity contribution in [3.63, 3.8) is 0 Å². The highest BCUT2D eigenvalue weighted by Crippen LogP contribution is 2.33. The molecule has 0 bridgehead atoms. The first-order valence-corrected chi connectivity index (χ1v) is 5.24. The summed E-state index contributed by atoms with van der Waals surface area (Å²) < 4.78 is 13.0. The van der Waals surface area contributed by atoms with Crippen LogP contribution in [0.25, 0.3) is 0 Å². The largest absolute Gasteiger partial charge is 0.506 e. The van der Waals surface area contributed by atoms with E-state index >= 15 is 0 Å². The van der Waals surface area contributed by atoms with Crippen molar-refractivity contribution >= 4 is 11.6 Å². The number of nitrogens with zero attached hydrogens (tertiary/aromatic N) is 1. The molecule has 0 spiro atoms. The van der Waals surface area contributed by atoms with Crippen LogP contribution >= 0.6 is 11.6 Å². The summed E-state index contributed by atoms with van der Waals surface area (Å²) in [6, 6.07) is 3.68. The third-order valence-corrected chi connectivity index (χ3v) is 2.66. The first kappa shape index (κ1) is 12.8. The number of rotatable bonds is 4. The molecule has 1 aromatic rings. The summed E-state index contributed by atoms with van der Waals surface area (Å²) in [5.41, 5.74) is 6.18. The maximum Gasteiger partial charge on any atom is 0.137 e. The third-order valence-electron chi connectivity index (χ3n) is 2.25. The lowest BCUT2D eigenvalue weighted by Crippen LogP contribution is -2.11. The van der Waals surface area contributed by atoms with Gasteiger partial charge in [-0.05, 0) is 24.5 Å². The van der Waals surface area contributed by atoms with Crippen molar-refractivity contribution in [2.24, 2.45) is 5.73 Å². The van der Waals surface area contributed by atoms with E-state index in [0.29, 0.717) is 24.8 Å². The molecule has 1 unspecified atom stereocenters. The van der Waals surface area contributed by atoms with Gasteiger partial charge in [0.25, 0.3) is 0 Å². The molecular formula is C11H12ClFN2O. The van der Waals surface area contributed by atoms with Gasteiger partial charge in [0.1, 0.15) is 11.6 Å². The predicted molar refractivity (Wildman–Crippen MR) is 59.5 cm³/mol. The summed E-state index contributed by atoms with van der Waals surface area (Å²) >= 11 is 5.81. The molecule has 0 aromatic heterocycles. The number of nitrogens with two attached hydrogens (primary N) is 1. The number of halogens is 2. The van der Waals surface area contributed by atoms with Crippen molar-refractivity contribution in [2.75, 3.05) is 0 Å². The summed E-state index contributed by atoms with van der Waals surface area (Å²) in [4.78, 5) is 0. The molecule has 3 N–H and O–H groups in total. The molecule has 0 fully saturated rings. The van der Waals surface area contributed by atoms with Crippen molar-refractivity contribution in [2.45, 2.75) is 25.3 Å². The highest BCUT2D eigenvalue weighted by molar-refractivity contribution is 6.32. The normalized spacial score (nSPS) is 12.1. The van der Waals surface area contributed by atoms with Gasteiger partial charge in [0, 0.05) is 18.5 Å². The Morgan fingerprint density at radius 3 is 2.88 bits per heavy atom. The first-order chi connectivity index (χ1) is 7.56. The summed E-state index contributed by atoms with van der Waals surface area (Å²) in [6.45, 7) is 0. The molecule has 0 saturated carbocycles. The molecule has 0 aliphatic carbocycles. The van der Waals surface area contributed by atoms with Crippen LogP contribution in [0, 0.1) is 17.1 Å². The summed E-state index contributed by atoms with van der Waals surface area (Å²) in [5.74, 6) is -0.889. The van der Waals surface area contributed by atoms with Gasteiger partial charge in [-0.3, -0.25) is 0 Å². The van der Waals surface area contributed by atoms with Crippen LogP contribution in [0.5, 0.6) is 5.75 Å². The lowest BCUT2D eigenvalue weighted by molar-refractivity contribution is 0.466. The van der Waals surface area contributed by atoms with Crippen LogP contribution in [-0.4, -0.2) is 5.11 Å². The van der Waals surface area contributed by atoms with E-state index in [-0.39, 0.29) is 10.8 Å². The second-order valence-corrected chi connectivity index (χ2v) is 3.86. The number of hydrogen-bond donors (Lipinski definition) is 2. The van der Waals surface area contributed by atoms with Crippen molar-refractivity contribution in [3.8, 4) is 11.8 Å². The van der Waals surface area contributed by atoms with Gasteiger partial charge in [-0.2, -0.15) is 5.26 Å².